The molecule has 0 amide bonds. The first-order valence-electron chi connectivity index (χ1n) is 2.71. The summed E-state index contributed by atoms with van der Waals surface area (Å²) in [6, 6.07) is 0. The molecule has 0 atom stereocenters. The Morgan fingerprint density at radius 3 is 2.91 bits per heavy atom. The van der Waals surface area contributed by atoms with Crippen LogP contribution in [0.3, 0.4) is 0 Å². The number of aromatic amines is 1. The van der Waals surface area contributed by atoms with Crippen LogP contribution >= 0.6 is 0 Å². The molecule has 8 heteroatoms. The number of hydrogen-bond acceptors (Lipinski definition) is 6. The first-order chi connectivity index (χ1) is 4.84. The number of aromatic nitrogens is 4. The summed E-state index contributed by atoms with van der Waals surface area (Å²) < 4.78 is 0. The quantitative estimate of drug-likeness (QED) is 0.328. The van der Waals surface area contributed by atoms with Crippen molar-refractivity contribution in [1.29, 1.82) is 0 Å². The molecule has 0 saturated carbocycles. The second-order valence-corrected chi connectivity index (χ2v) is 1.63. The zero-order valence-electron chi connectivity index (χ0n) is 7.93. The van der Waals surface area contributed by atoms with Gasteiger partial charge in [-0.15, -0.1) is 5.10 Å². The number of hydrazine groups is 1. The summed E-state index contributed by atoms with van der Waals surface area (Å²) in [5.74, 6) is 5.61. The Morgan fingerprint density at radius 2 is 2.45 bits per heavy atom. The number of aliphatic hydroxyl groups excluding tert-OH is 1. The van der Waals surface area contributed by atoms with E-state index in [1.807, 2.05) is 0 Å². The van der Waals surface area contributed by atoms with Crippen LogP contribution in [-0.2, 0) is 0 Å². The summed E-state index contributed by atoms with van der Waals surface area (Å²) in [6.07, 6.45) is 0. The average Bonchev–Trinajstić information content (AvgIpc) is 2.38. The van der Waals surface area contributed by atoms with Crippen LogP contribution in [0.5, 0.6) is 0 Å². The summed E-state index contributed by atoms with van der Waals surface area (Å²) in [5, 5.41) is 22.3. The summed E-state index contributed by atoms with van der Waals surface area (Å²) >= 11 is 0. The Morgan fingerprint density at radius 1 is 1.73 bits per heavy atom. The molecule has 0 fully saturated rings. The fourth-order valence-electron chi connectivity index (χ4n) is 0.486. The van der Waals surface area contributed by atoms with E-state index in [2.05, 4.69) is 20.6 Å². The van der Waals surface area contributed by atoms with Crippen LogP contribution in [-0.4, -0.2) is 87.8 Å². The van der Waals surface area contributed by atoms with Gasteiger partial charge in [0.25, 0.3) is 5.95 Å². The van der Waals surface area contributed by atoms with Gasteiger partial charge in [0.15, 0.2) is 0 Å². The molecule has 11 heavy (non-hydrogen) atoms. The normalized spacial score (nSPS) is 8.91. The molecular weight excluding hydrogens is 273 g/mol. The van der Waals surface area contributed by atoms with Crippen LogP contribution in [0, 0.1) is 0 Å². The van der Waals surface area contributed by atoms with Crippen LogP contribution in [0.15, 0.2) is 0 Å². The number of nitrogens with zero attached hydrogens (tertiary/aromatic N) is 4. The van der Waals surface area contributed by atoms with Gasteiger partial charge in [-0.3, -0.25) is 5.01 Å². The second kappa shape index (κ2) is 5.94. The number of nitrogens with two attached hydrogens (primary N) is 1. The van der Waals surface area contributed by atoms with Crippen molar-refractivity contribution in [3.05, 3.63) is 0 Å². The maximum Gasteiger partial charge on any atom is 2.00 e. The third-order valence-corrected chi connectivity index (χ3v) is 0.932. The molecule has 0 aromatic carbocycles. The standard InChI is InChI=1S/C3H8N6O.Ba.2H/c4-9(1-2-10)3-5-7-8-6-3;;;/h10H,1-2,4H2,(H,5,6,7,8);;;/q;+2;2*-1. The minimum atomic E-state index is -0.0367. The minimum absolute atomic E-state index is 0. The summed E-state index contributed by atoms with van der Waals surface area (Å²) in [7, 11) is 0. The maximum absolute atomic E-state index is 8.43. The van der Waals surface area contributed by atoms with Crippen LogP contribution in [0.2, 0.25) is 0 Å². The zero-order chi connectivity index (χ0) is 7.40. The molecule has 0 spiro atoms. The van der Waals surface area contributed by atoms with Gasteiger partial charge in [-0.05, 0) is 5.21 Å². The summed E-state index contributed by atoms with van der Waals surface area (Å²) in [4.78, 5) is 0. The van der Waals surface area contributed by atoms with E-state index >= 15 is 0 Å². The number of tetrazole rings is 1. The third-order valence-electron chi connectivity index (χ3n) is 0.932. The summed E-state index contributed by atoms with van der Waals surface area (Å²) in [6.45, 7) is 0.255. The number of anilines is 1. The smallest absolute Gasteiger partial charge is 1.00 e. The van der Waals surface area contributed by atoms with E-state index in [9.17, 15) is 0 Å². The average molecular weight is 283 g/mol. The number of nitrogens with one attached hydrogen (secondary N) is 1. The van der Waals surface area contributed by atoms with Crippen LogP contribution in [0.4, 0.5) is 5.95 Å². The van der Waals surface area contributed by atoms with Crippen molar-refractivity contribution in [1.82, 2.24) is 20.6 Å². The van der Waals surface area contributed by atoms with Gasteiger partial charge in [0.2, 0.25) is 0 Å². The van der Waals surface area contributed by atoms with Gasteiger partial charge in [0, 0.05) is 0 Å². The number of hydrogen-bond donors (Lipinski definition) is 3. The molecular formula is C3H10BaN6O. The maximum atomic E-state index is 8.43. The van der Waals surface area contributed by atoms with Crippen molar-refractivity contribution < 1.29 is 7.96 Å². The van der Waals surface area contributed by atoms with Gasteiger partial charge in [-0.25, -0.2) is 5.84 Å². The van der Waals surface area contributed by atoms with E-state index in [-0.39, 0.29) is 64.3 Å². The monoisotopic (exact) mass is 284 g/mol. The molecule has 0 unspecified atom stereocenters. The predicted molar refractivity (Wildman–Crippen MR) is 40.8 cm³/mol. The van der Waals surface area contributed by atoms with E-state index in [1.54, 1.807) is 0 Å². The van der Waals surface area contributed by atoms with E-state index < -0.39 is 0 Å². The van der Waals surface area contributed by atoms with Gasteiger partial charge >= 0.3 is 48.9 Å². The molecule has 60 valence electrons. The fourth-order valence-corrected chi connectivity index (χ4v) is 0.486. The SMILES string of the molecule is NN(CCO)c1nn[nH]n1.[Ba+2].[H-].[H-]. The number of aliphatic hydroxyl groups is 1. The third kappa shape index (κ3) is 3.51. The van der Waals surface area contributed by atoms with Crippen LogP contribution in [0.25, 0.3) is 0 Å². The molecule has 0 saturated heterocycles. The van der Waals surface area contributed by atoms with Gasteiger partial charge in [0.1, 0.15) is 0 Å². The Bertz CT molecular complexity index is 186. The van der Waals surface area contributed by atoms with Crippen molar-refractivity contribution in [3.8, 4) is 0 Å². The minimum Gasteiger partial charge on any atom is -1.00 e. The van der Waals surface area contributed by atoms with Crippen LogP contribution < -0.4 is 10.9 Å². The van der Waals surface area contributed by atoms with Gasteiger partial charge in [-0.2, -0.15) is 5.21 Å². The number of H-pyrrole nitrogens is 1. The predicted octanol–water partition coefficient (Wildman–Crippen LogP) is -2.28. The van der Waals surface area contributed by atoms with Crippen molar-refractivity contribution in [2.45, 2.75) is 0 Å². The van der Waals surface area contributed by atoms with Crippen molar-refractivity contribution in [3.63, 3.8) is 0 Å². The van der Waals surface area contributed by atoms with E-state index in [1.165, 1.54) is 5.01 Å². The van der Waals surface area contributed by atoms with Gasteiger partial charge < -0.3 is 7.96 Å². The van der Waals surface area contributed by atoms with Crippen LogP contribution in [0.1, 0.15) is 2.85 Å². The van der Waals surface area contributed by atoms with Gasteiger partial charge in [-0.1, -0.05) is 5.10 Å². The Labute approximate surface area is 106 Å². The molecule has 1 rings (SSSR count). The van der Waals surface area contributed by atoms with Crippen molar-refractivity contribution >= 4 is 54.8 Å². The second-order valence-electron chi connectivity index (χ2n) is 1.63. The Hall–Kier alpha value is 0.361. The van der Waals surface area contributed by atoms with E-state index in [4.69, 9.17) is 10.9 Å². The molecule has 7 nitrogen and oxygen atoms in total. The molecule has 1 aromatic heterocycles. The molecule has 0 aliphatic rings. The topological polar surface area (TPSA) is 104 Å². The molecule has 0 aliphatic heterocycles. The molecule has 0 bridgehead atoms. The Balaban J connectivity index is -0.000000333. The van der Waals surface area contributed by atoms with Crippen molar-refractivity contribution in [2.75, 3.05) is 18.2 Å². The number of rotatable bonds is 3. The molecule has 1 aromatic rings. The molecule has 0 aliphatic carbocycles. The molecule has 0 radical (unpaired) electrons. The first-order valence-corrected chi connectivity index (χ1v) is 2.71. The van der Waals surface area contributed by atoms with E-state index in [0.717, 1.165) is 0 Å². The Kier molecular flexibility index (Phi) is 6.14. The zero-order valence-corrected chi connectivity index (χ0v) is 10.4. The molecule has 4 N–H and O–H groups in total. The van der Waals surface area contributed by atoms with Gasteiger partial charge in [0.05, 0.1) is 13.2 Å². The first kappa shape index (κ1) is 11.4. The fraction of sp³-hybridized carbons (Fsp3) is 0.667. The molecule has 1 heterocycles. The van der Waals surface area contributed by atoms with Crippen molar-refractivity contribution in [2.24, 2.45) is 5.84 Å². The van der Waals surface area contributed by atoms with E-state index in [0.29, 0.717) is 6.54 Å². The summed E-state index contributed by atoms with van der Waals surface area (Å²) in [5.41, 5.74) is 0. The largest absolute Gasteiger partial charge is 2.00 e.